The Bertz CT molecular complexity index is 547. The minimum Gasteiger partial charge on any atom is -0.336 e. The Hall–Kier alpha value is -2.17. The van der Waals surface area contributed by atoms with E-state index in [-0.39, 0.29) is 0 Å². The highest BCUT2D eigenvalue weighted by Crippen LogP contribution is 2.35. The van der Waals surface area contributed by atoms with Crippen LogP contribution in [0.2, 0.25) is 0 Å². The summed E-state index contributed by atoms with van der Waals surface area (Å²) in [5, 5.41) is 3.22. The molecule has 2 aliphatic rings. The third-order valence-corrected chi connectivity index (χ3v) is 3.10. The summed E-state index contributed by atoms with van der Waals surface area (Å²) in [6.45, 7) is 0. The van der Waals surface area contributed by atoms with Gasteiger partial charge in [-0.2, -0.15) is 0 Å². The van der Waals surface area contributed by atoms with Crippen molar-refractivity contribution in [1.82, 2.24) is 9.97 Å². The smallest absolute Gasteiger partial charge is 0.176 e. The van der Waals surface area contributed by atoms with E-state index in [1.807, 2.05) is 18.0 Å². The topological polar surface area (TPSA) is 58.1 Å². The Kier molecular flexibility index (Phi) is 2.18. The Morgan fingerprint density at radius 2 is 2.18 bits per heavy atom. The molecule has 5 heteroatoms. The van der Waals surface area contributed by atoms with Crippen molar-refractivity contribution in [3.05, 3.63) is 35.4 Å². The van der Waals surface area contributed by atoms with Gasteiger partial charge in [-0.05, 0) is 24.5 Å². The number of carbonyl (C=O) groups excluding carboxylic acids is 1. The van der Waals surface area contributed by atoms with Gasteiger partial charge >= 0.3 is 0 Å². The van der Waals surface area contributed by atoms with Crippen LogP contribution in [0.25, 0.3) is 0 Å². The van der Waals surface area contributed by atoms with Crippen molar-refractivity contribution < 1.29 is 4.79 Å². The number of aromatic nitrogens is 2. The standard InChI is InChI=1S/C12H12N4O/c1-16-10-3-2-8(7-17)6-9(10)15-11-12(16)14-5-4-13-11/h4-7H,2-3H2,1H3,(H,13,15). The molecule has 0 amide bonds. The van der Waals surface area contributed by atoms with Crippen LogP contribution < -0.4 is 10.2 Å². The molecule has 1 aliphatic heterocycles. The maximum Gasteiger partial charge on any atom is 0.176 e. The van der Waals surface area contributed by atoms with Gasteiger partial charge in [-0.25, -0.2) is 9.97 Å². The minimum absolute atomic E-state index is 0.733. The number of allylic oxidation sites excluding steroid dienone is 3. The molecule has 0 bridgehead atoms. The number of hydrogen-bond acceptors (Lipinski definition) is 5. The van der Waals surface area contributed by atoms with E-state index >= 15 is 0 Å². The molecule has 0 radical (unpaired) electrons. The summed E-state index contributed by atoms with van der Waals surface area (Å²) in [7, 11) is 1.98. The molecular formula is C12H12N4O. The zero-order valence-electron chi connectivity index (χ0n) is 9.47. The first-order valence-corrected chi connectivity index (χ1v) is 5.50. The van der Waals surface area contributed by atoms with Gasteiger partial charge in [0, 0.05) is 25.1 Å². The van der Waals surface area contributed by atoms with Crippen LogP contribution in [0.5, 0.6) is 0 Å². The van der Waals surface area contributed by atoms with Crippen LogP contribution >= 0.6 is 0 Å². The maximum atomic E-state index is 10.8. The van der Waals surface area contributed by atoms with E-state index in [2.05, 4.69) is 15.3 Å². The molecule has 1 aromatic heterocycles. The van der Waals surface area contributed by atoms with Crippen LogP contribution in [-0.2, 0) is 4.79 Å². The van der Waals surface area contributed by atoms with Gasteiger partial charge in [-0.3, -0.25) is 4.79 Å². The fraction of sp³-hybridized carbons (Fsp3) is 0.250. The number of aldehydes is 1. The van der Waals surface area contributed by atoms with Gasteiger partial charge in [0.25, 0.3) is 0 Å². The zero-order chi connectivity index (χ0) is 11.8. The SMILES string of the molecule is CN1C2=C(C=C(C=O)CC2)Nc2nccnc21. The highest BCUT2D eigenvalue weighted by Gasteiger charge is 2.25. The lowest BCUT2D eigenvalue weighted by Crippen LogP contribution is -2.29. The quantitative estimate of drug-likeness (QED) is 0.737. The second-order valence-corrected chi connectivity index (χ2v) is 4.11. The summed E-state index contributed by atoms with van der Waals surface area (Å²) in [5.74, 6) is 1.56. The van der Waals surface area contributed by atoms with Crippen molar-refractivity contribution in [2.45, 2.75) is 12.8 Å². The minimum atomic E-state index is 0.733. The second kappa shape index (κ2) is 3.69. The molecule has 86 valence electrons. The van der Waals surface area contributed by atoms with Crippen LogP contribution in [0.1, 0.15) is 12.8 Å². The molecule has 1 N–H and O–H groups in total. The summed E-state index contributed by atoms with van der Waals surface area (Å²) in [6.07, 6.45) is 7.76. The molecule has 0 atom stereocenters. The number of fused-ring (bicyclic) bond motifs is 1. The van der Waals surface area contributed by atoms with Crippen LogP contribution in [0.3, 0.4) is 0 Å². The fourth-order valence-electron chi connectivity index (χ4n) is 2.21. The third-order valence-electron chi connectivity index (χ3n) is 3.10. The summed E-state index contributed by atoms with van der Waals surface area (Å²) in [6, 6.07) is 0. The average Bonchev–Trinajstić information content (AvgIpc) is 2.38. The van der Waals surface area contributed by atoms with Gasteiger partial charge in [0.05, 0.1) is 5.70 Å². The lowest BCUT2D eigenvalue weighted by atomic mass is 9.99. The second-order valence-electron chi connectivity index (χ2n) is 4.11. The normalized spacial score (nSPS) is 17.9. The van der Waals surface area contributed by atoms with Gasteiger partial charge in [-0.15, -0.1) is 0 Å². The molecule has 3 rings (SSSR count). The Morgan fingerprint density at radius 1 is 1.35 bits per heavy atom. The van der Waals surface area contributed by atoms with Crippen molar-refractivity contribution in [2.75, 3.05) is 17.3 Å². The van der Waals surface area contributed by atoms with Crippen molar-refractivity contribution in [3.8, 4) is 0 Å². The largest absolute Gasteiger partial charge is 0.336 e. The lowest BCUT2D eigenvalue weighted by molar-refractivity contribution is -0.105. The van der Waals surface area contributed by atoms with Crippen molar-refractivity contribution >= 4 is 17.9 Å². The summed E-state index contributed by atoms with van der Waals surface area (Å²) in [4.78, 5) is 21.4. The van der Waals surface area contributed by atoms with Crippen LogP contribution in [0.4, 0.5) is 11.6 Å². The van der Waals surface area contributed by atoms with E-state index in [4.69, 9.17) is 0 Å². The Labute approximate surface area is 98.9 Å². The van der Waals surface area contributed by atoms with E-state index in [0.29, 0.717) is 0 Å². The molecule has 0 unspecified atom stereocenters. The average molecular weight is 228 g/mol. The molecule has 0 aromatic carbocycles. The van der Waals surface area contributed by atoms with Gasteiger partial charge in [-0.1, -0.05) is 0 Å². The number of hydrogen-bond donors (Lipinski definition) is 1. The maximum absolute atomic E-state index is 10.8. The molecule has 0 fully saturated rings. The molecule has 0 saturated heterocycles. The van der Waals surface area contributed by atoms with Crippen LogP contribution in [0.15, 0.2) is 35.4 Å². The van der Waals surface area contributed by atoms with Gasteiger partial charge in [0.15, 0.2) is 11.6 Å². The predicted octanol–water partition coefficient (Wildman–Crippen LogP) is 1.47. The van der Waals surface area contributed by atoms with Gasteiger partial charge < -0.3 is 10.2 Å². The number of carbonyl (C=O) groups is 1. The van der Waals surface area contributed by atoms with E-state index in [9.17, 15) is 4.79 Å². The van der Waals surface area contributed by atoms with Crippen LogP contribution in [-0.4, -0.2) is 23.3 Å². The Morgan fingerprint density at radius 3 is 3.00 bits per heavy atom. The fourth-order valence-corrected chi connectivity index (χ4v) is 2.21. The van der Waals surface area contributed by atoms with Gasteiger partial charge in [0.2, 0.25) is 0 Å². The number of nitrogens with one attached hydrogen (secondary N) is 1. The molecule has 2 heterocycles. The van der Waals surface area contributed by atoms with Crippen molar-refractivity contribution in [2.24, 2.45) is 0 Å². The van der Waals surface area contributed by atoms with E-state index in [1.54, 1.807) is 12.4 Å². The molecular weight excluding hydrogens is 216 g/mol. The molecule has 0 saturated carbocycles. The monoisotopic (exact) mass is 228 g/mol. The highest BCUT2D eigenvalue weighted by atomic mass is 16.1. The molecule has 1 aromatic rings. The Balaban J connectivity index is 2.07. The number of anilines is 2. The van der Waals surface area contributed by atoms with E-state index in [0.717, 1.165) is 47.7 Å². The molecule has 17 heavy (non-hydrogen) atoms. The van der Waals surface area contributed by atoms with E-state index < -0.39 is 0 Å². The van der Waals surface area contributed by atoms with Crippen molar-refractivity contribution in [3.63, 3.8) is 0 Å². The summed E-state index contributed by atoms with van der Waals surface area (Å²) in [5.41, 5.74) is 2.93. The first-order chi connectivity index (χ1) is 8.29. The lowest BCUT2D eigenvalue weighted by Gasteiger charge is -2.32. The summed E-state index contributed by atoms with van der Waals surface area (Å²) < 4.78 is 0. The zero-order valence-corrected chi connectivity index (χ0v) is 9.47. The first-order valence-electron chi connectivity index (χ1n) is 5.50. The molecule has 5 nitrogen and oxygen atoms in total. The van der Waals surface area contributed by atoms with Gasteiger partial charge in [0.1, 0.15) is 6.29 Å². The number of nitrogens with zero attached hydrogens (tertiary/aromatic N) is 3. The molecule has 1 aliphatic carbocycles. The highest BCUT2D eigenvalue weighted by molar-refractivity contribution is 5.79. The predicted molar refractivity (Wildman–Crippen MR) is 64.5 cm³/mol. The number of rotatable bonds is 1. The molecule has 0 spiro atoms. The summed E-state index contributed by atoms with van der Waals surface area (Å²) >= 11 is 0. The van der Waals surface area contributed by atoms with Crippen molar-refractivity contribution in [1.29, 1.82) is 0 Å². The van der Waals surface area contributed by atoms with Crippen LogP contribution in [0, 0.1) is 0 Å². The third kappa shape index (κ3) is 1.51. The van der Waals surface area contributed by atoms with E-state index in [1.165, 1.54) is 0 Å². The first kappa shape index (κ1) is 10.0.